The van der Waals surface area contributed by atoms with Crippen molar-refractivity contribution in [2.75, 3.05) is 0 Å². The van der Waals surface area contributed by atoms with Gasteiger partial charge in [0.25, 0.3) is 0 Å². The molecule has 4 heteroatoms. The standard InChI is InChI=1S/C15H29BO3/c1-7-15(6,12-17)10-8-9-11-16-18-13(2,3)14(4,5)19-16/h12H,7-11H2,1-6H3. The average molecular weight is 268 g/mol. The molecule has 110 valence electrons. The summed E-state index contributed by atoms with van der Waals surface area (Å²) in [5, 5.41) is 0. The summed E-state index contributed by atoms with van der Waals surface area (Å²) in [6.45, 7) is 12.4. The topological polar surface area (TPSA) is 35.5 Å². The predicted octanol–water partition coefficient (Wildman–Crippen LogP) is 3.86. The highest BCUT2D eigenvalue weighted by atomic mass is 16.7. The molecule has 1 fully saturated rings. The van der Waals surface area contributed by atoms with Crippen LogP contribution < -0.4 is 0 Å². The molecule has 1 aliphatic heterocycles. The van der Waals surface area contributed by atoms with E-state index in [0.717, 1.165) is 38.3 Å². The third-order valence-electron chi connectivity index (χ3n) is 4.83. The minimum absolute atomic E-state index is 0.103. The number of carbonyl (C=O) groups is 1. The van der Waals surface area contributed by atoms with Crippen molar-refractivity contribution < 1.29 is 14.1 Å². The van der Waals surface area contributed by atoms with E-state index in [0.29, 0.717) is 0 Å². The Morgan fingerprint density at radius 2 is 1.63 bits per heavy atom. The summed E-state index contributed by atoms with van der Waals surface area (Å²) in [5.41, 5.74) is -0.632. The molecule has 1 saturated heterocycles. The summed E-state index contributed by atoms with van der Waals surface area (Å²) >= 11 is 0. The summed E-state index contributed by atoms with van der Waals surface area (Å²) < 4.78 is 11.9. The lowest BCUT2D eigenvalue weighted by atomic mass is 9.79. The first kappa shape index (κ1) is 16.7. The molecular formula is C15H29BO3. The molecule has 0 radical (unpaired) electrons. The fraction of sp³-hybridized carbons (Fsp3) is 0.933. The van der Waals surface area contributed by atoms with E-state index in [1.54, 1.807) is 0 Å². The van der Waals surface area contributed by atoms with Crippen LogP contribution in [-0.4, -0.2) is 24.6 Å². The fourth-order valence-corrected chi connectivity index (χ4v) is 2.24. The van der Waals surface area contributed by atoms with E-state index in [1.165, 1.54) is 0 Å². The van der Waals surface area contributed by atoms with Gasteiger partial charge < -0.3 is 14.1 Å². The summed E-state index contributed by atoms with van der Waals surface area (Å²) in [7, 11) is -0.103. The van der Waals surface area contributed by atoms with Gasteiger partial charge in [0.2, 0.25) is 0 Å². The van der Waals surface area contributed by atoms with E-state index in [2.05, 4.69) is 34.6 Å². The van der Waals surface area contributed by atoms with Gasteiger partial charge in [0.15, 0.2) is 0 Å². The molecule has 0 spiro atoms. The van der Waals surface area contributed by atoms with E-state index in [9.17, 15) is 4.79 Å². The van der Waals surface area contributed by atoms with Gasteiger partial charge in [0, 0.05) is 5.41 Å². The van der Waals surface area contributed by atoms with Crippen molar-refractivity contribution in [1.82, 2.24) is 0 Å². The van der Waals surface area contributed by atoms with E-state index in [1.807, 2.05) is 6.92 Å². The molecular weight excluding hydrogens is 239 g/mol. The van der Waals surface area contributed by atoms with Crippen molar-refractivity contribution >= 4 is 13.4 Å². The van der Waals surface area contributed by atoms with Crippen molar-refractivity contribution in [2.45, 2.75) is 84.7 Å². The monoisotopic (exact) mass is 268 g/mol. The Kier molecular flexibility index (Phi) is 5.24. The van der Waals surface area contributed by atoms with Crippen LogP contribution in [0.25, 0.3) is 0 Å². The number of hydrogen-bond donors (Lipinski definition) is 0. The van der Waals surface area contributed by atoms with Crippen LogP contribution in [0.15, 0.2) is 0 Å². The predicted molar refractivity (Wildman–Crippen MR) is 79.2 cm³/mol. The summed E-state index contributed by atoms with van der Waals surface area (Å²) in [6, 6.07) is 0. The molecule has 1 heterocycles. The minimum atomic E-state index is -0.238. The number of hydrogen-bond acceptors (Lipinski definition) is 3. The molecule has 0 bridgehead atoms. The van der Waals surface area contributed by atoms with Crippen LogP contribution in [0.1, 0.15) is 67.2 Å². The lowest BCUT2D eigenvalue weighted by Gasteiger charge is -2.32. The number of aldehydes is 1. The van der Waals surface area contributed by atoms with Gasteiger partial charge in [-0.1, -0.05) is 26.7 Å². The van der Waals surface area contributed by atoms with Crippen molar-refractivity contribution in [3.05, 3.63) is 0 Å². The fourth-order valence-electron chi connectivity index (χ4n) is 2.24. The van der Waals surface area contributed by atoms with Crippen molar-refractivity contribution in [3.63, 3.8) is 0 Å². The summed E-state index contributed by atoms with van der Waals surface area (Å²) in [4.78, 5) is 11.0. The van der Waals surface area contributed by atoms with Gasteiger partial charge in [-0.3, -0.25) is 0 Å². The van der Waals surface area contributed by atoms with E-state index in [-0.39, 0.29) is 23.7 Å². The van der Waals surface area contributed by atoms with E-state index < -0.39 is 0 Å². The molecule has 1 rings (SSSR count). The van der Waals surface area contributed by atoms with Crippen LogP contribution in [-0.2, 0) is 14.1 Å². The second-order valence-corrected chi connectivity index (χ2v) is 7.06. The molecule has 0 aromatic rings. The third kappa shape index (κ3) is 4.06. The van der Waals surface area contributed by atoms with Gasteiger partial charge in [-0.05, 0) is 46.9 Å². The lowest BCUT2D eigenvalue weighted by molar-refractivity contribution is -0.116. The maximum Gasteiger partial charge on any atom is 0.457 e. The molecule has 1 aliphatic rings. The quantitative estimate of drug-likeness (QED) is 0.399. The first-order valence-corrected chi connectivity index (χ1v) is 7.48. The van der Waals surface area contributed by atoms with Crippen LogP contribution in [0.5, 0.6) is 0 Å². The zero-order valence-electron chi connectivity index (χ0n) is 13.4. The first-order chi connectivity index (χ1) is 8.66. The van der Waals surface area contributed by atoms with Crippen molar-refractivity contribution in [1.29, 1.82) is 0 Å². The lowest BCUT2D eigenvalue weighted by Crippen LogP contribution is -2.41. The Hall–Kier alpha value is -0.345. The highest BCUT2D eigenvalue weighted by Gasteiger charge is 2.50. The zero-order valence-corrected chi connectivity index (χ0v) is 13.4. The van der Waals surface area contributed by atoms with Gasteiger partial charge in [-0.15, -0.1) is 0 Å². The highest BCUT2D eigenvalue weighted by Crippen LogP contribution is 2.38. The molecule has 1 unspecified atom stereocenters. The molecule has 1 atom stereocenters. The number of carbonyl (C=O) groups excluding carboxylic acids is 1. The van der Waals surface area contributed by atoms with Crippen LogP contribution in [0.4, 0.5) is 0 Å². The Balaban J connectivity index is 2.31. The average Bonchev–Trinajstić information content (AvgIpc) is 2.53. The smallest absolute Gasteiger partial charge is 0.403 e. The second-order valence-electron chi connectivity index (χ2n) is 7.06. The Morgan fingerprint density at radius 3 is 2.05 bits per heavy atom. The van der Waals surface area contributed by atoms with Crippen molar-refractivity contribution in [2.24, 2.45) is 5.41 Å². The van der Waals surface area contributed by atoms with Gasteiger partial charge in [-0.25, -0.2) is 0 Å². The number of unbranched alkanes of at least 4 members (excludes halogenated alkanes) is 1. The van der Waals surface area contributed by atoms with Gasteiger partial charge in [-0.2, -0.15) is 0 Å². The third-order valence-corrected chi connectivity index (χ3v) is 4.83. The summed E-state index contributed by atoms with van der Waals surface area (Å²) in [5.74, 6) is 0. The van der Waals surface area contributed by atoms with Crippen LogP contribution >= 0.6 is 0 Å². The highest BCUT2D eigenvalue weighted by molar-refractivity contribution is 6.45. The maximum atomic E-state index is 11.0. The SMILES string of the molecule is CCC(C)(C=O)CCCCB1OC(C)(C)C(C)(C)O1. The molecule has 0 aromatic heterocycles. The molecule has 3 nitrogen and oxygen atoms in total. The van der Waals surface area contributed by atoms with Crippen LogP contribution in [0.2, 0.25) is 6.32 Å². The molecule has 0 aliphatic carbocycles. The Morgan fingerprint density at radius 1 is 1.11 bits per heavy atom. The molecule has 19 heavy (non-hydrogen) atoms. The van der Waals surface area contributed by atoms with Gasteiger partial charge in [0.05, 0.1) is 11.2 Å². The Bertz CT molecular complexity index is 299. The van der Waals surface area contributed by atoms with E-state index in [4.69, 9.17) is 9.31 Å². The van der Waals surface area contributed by atoms with Gasteiger partial charge >= 0.3 is 7.12 Å². The second kappa shape index (κ2) is 5.96. The minimum Gasteiger partial charge on any atom is -0.403 e. The normalized spacial score (nSPS) is 24.2. The number of rotatable bonds is 7. The van der Waals surface area contributed by atoms with Crippen LogP contribution in [0, 0.1) is 5.41 Å². The maximum absolute atomic E-state index is 11.0. The van der Waals surface area contributed by atoms with Crippen LogP contribution in [0.3, 0.4) is 0 Å². The summed E-state index contributed by atoms with van der Waals surface area (Å²) in [6.07, 6.45) is 5.96. The zero-order chi connectivity index (χ0) is 14.7. The van der Waals surface area contributed by atoms with Crippen molar-refractivity contribution in [3.8, 4) is 0 Å². The van der Waals surface area contributed by atoms with E-state index >= 15 is 0 Å². The largest absolute Gasteiger partial charge is 0.457 e. The van der Waals surface area contributed by atoms with Gasteiger partial charge in [0.1, 0.15) is 6.29 Å². The Labute approximate surface area is 118 Å². The molecule has 0 aromatic carbocycles. The molecule has 0 N–H and O–H groups in total. The molecule has 0 saturated carbocycles. The first-order valence-electron chi connectivity index (χ1n) is 7.48. The molecule has 0 amide bonds.